The van der Waals surface area contributed by atoms with Crippen LogP contribution in [0.2, 0.25) is 0 Å². The van der Waals surface area contributed by atoms with Gasteiger partial charge in [0.25, 0.3) is 0 Å². The van der Waals surface area contributed by atoms with Crippen molar-refractivity contribution in [1.82, 2.24) is 9.55 Å². The molecule has 0 saturated heterocycles. The first kappa shape index (κ1) is 14.9. The number of hydrogen-bond donors (Lipinski definition) is 1. The van der Waals surface area contributed by atoms with Crippen LogP contribution < -0.4 is 5.73 Å². The number of ether oxygens (including phenoxy) is 1. The van der Waals surface area contributed by atoms with Gasteiger partial charge in [-0.1, -0.05) is 18.8 Å². The lowest BCUT2D eigenvalue weighted by molar-refractivity contribution is 0.0226. The van der Waals surface area contributed by atoms with E-state index in [1.165, 1.54) is 25.7 Å². The van der Waals surface area contributed by atoms with Crippen molar-refractivity contribution in [1.29, 1.82) is 0 Å². The predicted molar refractivity (Wildman–Crippen MR) is 81.5 cm³/mol. The Morgan fingerprint density at radius 2 is 2.10 bits per heavy atom. The highest BCUT2D eigenvalue weighted by molar-refractivity contribution is 5.40. The van der Waals surface area contributed by atoms with E-state index in [4.69, 9.17) is 21.9 Å². The van der Waals surface area contributed by atoms with Gasteiger partial charge in [-0.2, -0.15) is 0 Å². The molecule has 4 nitrogen and oxygen atoms in total. The van der Waals surface area contributed by atoms with Gasteiger partial charge in [-0.3, -0.25) is 0 Å². The Morgan fingerprint density at radius 3 is 2.65 bits per heavy atom. The molecule has 0 atom stereocenters. The summed E-state index contributed by atoms with van der Waals surface area (Å²) in [7, 11) is 1.71. The molecule has 0 radical (unpaired) electrons. The van der Waals surface area contributed by atoms with E-state index in [9.17, 15) is 0 Å². The molecular weight excluding hydrogens is 250 g/mol. The lowest BCUT2D eigenvalue weighted by Crippen LogP contribution is -2.26. The smallest absolute Gasteiger partial charge is 0.127 e. The fourth-order valence-electron chi connectivity index (χ4n) is 2.89. The standard InChI is InChI=1S/C16H25N3O/c1-5-10-19-14(17)13(11-16(2,3)20-4)18-15(19)12-8-6-7-9-12/h1,12H,6-11,17H2,2-4H3. The minimum atomic E-state index is -0.267. The van der Waals surface area contributed by atoms with Crippen molar-refractivity contribution in [2.24, 2.45) is 0 Å². The summed E-state index contributed by atoms with van der Waals surface area (Å²) in [6, 6.07) is 0. The highest BCUT2D eigenvalue weighted by Crippen LogP contribution is 2.35. The van der Waals surface area contributed by atoms with Gasteiger partial charge in [0.2, 0.25) is 0 Å². The summed E-state index contributed by atoms with van der Waals surface area (Å²) in [6.45, 7) is 4.59. The van der Waals surface area contributed by atoms with Crippen molar-refractivity contribution in [2.45, 2.75) is 64.0 Å². The van der Waals surface area contributed by atoms with Crippen molar-refractivity contribution < 1.29 is 4.74 Å². The number of nitrogen functional groups attached to an aromatic ring is 1. The normalized spacial score (nSPS) is 16.5. The second kappa shape index (κ2) is 5.88. The zero-order valence-corrected chi connectivity index (χ0v) is 12.8. The molecule has 110 valence electrons. The third-order valence-electron chi connectivity index (χ3n) is 4.23. The average Bonchev–Trinajstić information content (AvgIpc) is 3.02. The minimum Gasteiger partial charge on any atom is -0.384 e. The van der Waals surface area contributed by atoms with Gasteiger partial charge in [-0.25, -0.2) is 4.98 Å². The lowest BCUT2D eigenvalue weighted by atomic mass is 10.0. The molecule has 1 heterocycles. The third kappa shape index (κ3) is 2.99. The Morgan fingerprint density at radius 1 is 1.45 bits per heavy atom. The number of nitrogens with zero attached hydrogens (tertiary/aromatic N) is 2. The molecule has 2 N–H and O–H groups in total. The molecule has 0 aliphatic heterocycles. The Kier molecular flexibility index (Phi) is 4.39. The van der Waals surface area contributed by atoms with Crippen LogP contribution in [0, 0.1) is 12.3 Å². The molecule has 0 bridgehead atoms. The van der Waals surface area contributed by atoms with Crippen molar-refractivity contribution >= 4 is 5.82 Å². The SMILES string of the molecule is C#CCn1c(C2CCCC2)nc(CC(C)(C)OC)c1N. The molecule has 1 fully saturated rings. The molecule has 1 aromatic heterocycles. The van der Waals surface area contributed by atoms with E-state index >= 15 is 0 Å². The van der Waals surface area contributed by atoms with E-state index in [2.05, 4.69) is 5.92 Å². The van der Waals surface area contributed by atoms with Gasteiger partial charge in [0.05, 0.1) is 17.8 Å². The maximum Gasteiger partial charge on any atom is 0.127 e. The molecule has 4 heteroatoms. The molecule has 1 aliphatic carbocycles. The van der Waals surface area contributed by atoms with E-state index < -0.39 is 0 Å². The highest BCUT2D eigenvalue weighted by Gasteiger charge is 2.27. The summed E-state index contributed by atoms with van der Waals surface area (Å²) in [6.07, 6.45) is 11.1. The van der Waals surface area contributed by atoms with E-state index in [0.29, 0.717) is 24.7 Å². The first-order valence-electron chi connectivity index (χ1n) is 7.32. The number of terminal acetylenes is 1. The van der Waals surface area contributed by atoms with Crippen LogP contribution in [0.25, 0.3) is 0 Å². The Balaban J connectivity index is 2.34. The quantitative estimate of drug-likeness (QED) is 0.841. The lowest BCUT2D eigenvalue weighted by Gasteiger charge is -2.21. The number of imidazole rings is 1. The maximum absolute atomic E-state index is 6.27. The van der Waals surface area contributed by atoms with Gasteiger partial charge in [-0.05, 0) is 26.7 Å². The Labute approximate surface area is 121 Å². The van der Waals surface area contributed by atoms with Gasteiger partial charge in [-0.15, -0.1) is 6.42 Å². The number of anilines is 1. The molecule has 1 aromatic rings. The molecule has 0 aromatic carbocycles. The van der Waals surface area contributed by atoms with Crippen LogP contribution in [-0.4, -0.2) is 22.3 Å². The average molecular weight is 275 g/mol. The monoisotopic (exact) mass is 275 g/mol. The van der Waals surface area contributed by atoms with Gasteiger partial charge >= 0.3 is 0 Å². The van der Waals surface area contributed by atoms with Gasteiger partial charge in [0.15, 0.2) is 0 Å². The largest absolute Gasteiger partial charge is 0.384 e. The molecule has 1 aliphatic rings. The zero-order valence-electron chi connectivity index (χ0n) is 12.8. The van der Waals surface area contributed by atoms with E-state index in [1.807, 2.05) is 18.4 Å². The van der Waals surface area contributed by atoms with Crippen LogP contribution in [0.15, 0.2) is 0 Å². The maximum atomic E-state index is 6.27. The molecule has 1 saturated carbocycles. The molecule has 0 unspecified atom stereocenters. The summed E-state index contributed by atoms with van der Waals surface area (Å²) < 4.78 is 7.50. The van der Waals surface area contributed by atoms with Crippen molar-refractivity contribution in [3.05, 3.63) is 11.5 Å². The van der Waals surface area contributed by atoms with E-state index in [-0.39, 0.29) is 5.60 Å². The van der Waals surface area contributed by atoms with Crippen LogP contribution in [0.1, 0.15) is 57.0 Å². The van der Waals surface area contributed by atoms with Crippen molar-refractivity contribution in [3.8, 4) is 12.3 Å². The molecule has 0 spiro atoms. The minimum absolute atomic E-state index is 0.267. The molecule has 2 rings (SSSR count). The molecule has 0 amide bonds. The predicted octanol–water partition coefficient (Wildman–Crippen LogP) is 2.72. The topological polar surface area (TPSA) is 53.1 Å². The second-order valence-corrected chi connectivity index (χ2v) is 6.21. The number of hydrogen-bond acceptors (Lipinski definition) is 3. The Hall–Kier alpha value is -1.47. The van der Waals surface area contributed by atoms with Gasteiger partial charge in [0.1, 0.15) is 11.6 Å². The van der Waals surface area contributed by atoms with Gasteiger partial charge in [0, 0.05) is 19.4 Å². The third-order valence-corrected chi connectivity index (χ3v) is 4.23. The summed E-state index contributed by atoms with van der Waals surface area (Å²) in [5.41, 5.74) is 6.91. The molecule has 20 heavy (non-hydrogen) atoms. The van der Waals surface area contributed by atoms with Crippen LogP contribution >= 0.6 is 0 Å². The van der Waals surface area contributed by atoms with Crippen molar-refractivity contribution in [3.63, 3.8) is 0 Å². The van der Waals surface area contributed by atoms with Gasteiger partial charge < -0.3 is 15.0 Å². The molecular formula is C16H25N3O. The van der Waals surface area contributed by atoms with E-state index in [0.717, 1.165) is 11.5 Å². The van der Waals surface area contributed by atoms with E-state index in [1.54, 1.807) is 7.11 Å². The number of aromatic nitrogens is 2. The summed E-state index contributed by atoms with van der Waals surface area (Å²) >= 11 is 0. The van der Waals surface area contributed by atoms with Crippen LogP contribution in [0.4, 0.5) is 5.82 Å². The first-order chi connectivity index (χ1) is 9.48. The fourth-order valence-corrected chi connectivity index (χ4v) is 2.89. The Bertz CT molecular complexity index is 505. The number of methoxy groups -OCH3 is 1. The van der Waals surface area contributed by atoms with Crippen LogP contribution in [-0.2, 0) is 17.7 Å². The van der Waals surface area contributed by atoms with Crippen LogP contribution in [0.3, 0.4) is 0 Å². The fraction of sp³-hybridized carbons (Fsp3) is 0.688. The number of nitrogens with two attached hydrogens (primary N) is 1. The van der Waals surface area contributed by atoms with Crippen molar-refractivity contribution in [2.75, 3.05) is 12.8 Å². The zero-order chi connectivity index (χ0) is 14.8. The number of rotatable bonds is 5. The second-order valence-electron chi connectivity index (χ2n) is 6.21. The summed E-state index contributed by atoms with van der Waals surface area (Å²) in [5.74, 6) is 4.97. The first-order valence-corrected chi connectivity index (χ1v) is 7.32. The highest BCUT2D eigenvalue weighted by atomic mass is 16.5. The van der Waals surface area contributed by atoms with Crippen LogP contribution in [0.5, 0.6) is 0 Å². The summed E-state index contributed by atoms with van der Waals surface area (Å²) in [5, 5.41) is 0. The summed E-state index contributed by atoms with van der Waals surface area (Å²) in [4.78, 5) is 4.81.